The van der Waals surface area contributed by atoms with Gasteiger partial charge in [-0.05, 0) is 17.7 Å². The van der Waals surface area contributed by atoms with Crippen LogP contribution in [0.15, 0.2) is 24.3 Å². The van der Waals surface area contributed by atoms with Crippen molar-refractivity contribution >= 4 is 0 Å². The van der Waals surface area contributed by atoms with Crippen LogP contribution in [0.5, 0.6) is 0 Å². The fraction of sp³-hybridized carbons (Fsp3) is 0.462. The highest BCUT2D eigenvalue weighted by molar-refractivity contribution is 5.35. The summed E-state index contributed by atoms with van der Waals surface area (Å²) in [5.74, 6) is -7.57. The maximum atomic E-state index is 14.3. The van der Waals surface area contributed by atoms with Crippen molar-refractivity contribution in [3.63, 3.8) is 0 Å². The van der Waals surface area contributed by atoms with Gasteiger partial charge in [-0.3, -0.25) is 0 Å². The van der Waals surface area contributed by atoms with E-state index in [1.807, 2.05) is 0 Å². The molecule has 0 spiro atoms. The Morgan fingerprint density at radius 1 is 0.769 bits per heavy atom. The Kier molecular flexibility index (Phi) is 5.26. The quantitative estimate of drug-likeness (QED) is 0.579. The molecule has 0 aliphatic rings. The van der Waals surface area contributed by atoms with Gasteiger partial charge in [0.15, 0.2) is 6.17 Å². The first-order chi connectivity index (χ1) is 11.4. The van der Waals surface area contributed by atoms with E-state index in [-0.39, 0.29) is 12.1 Å². The van der Waals surface area contributed by atoms with Gasteiger partial charge in [0.2, 0.25) is 0 Å². The Labute approximate surface area is 136 Å². The Morgan fingerprint density at radius 3 is 1.58 bits per heavy atom. The predicted molar refractivity (Wildman–Crippen MR) is 60.6 cm³/mol. The Balaban J connectivity index is 3.94. The molecule has 0 saturated carbocycles. The molecule has 0 saturated heterocycles. The van der Waals surface area contributed by atoms with Gasteiger partial charge in [0.05, 0.1) is 11.6 Å². The number of alkyl halides is 12. The van der Waals surface area contributed by atoms with Gasteiger partial charge in [-0.25, -0.2) is 4.39 Å². The molecule has 1 aromatic rings. The number of nitrogens with zero attached hydrogens (tertiary/aromatic N) is 1. The van der Waals surface area contributed by atoms with E-state index < -0.39 is 47.2 Å². The van der Waals surface area contributed by atoms with E-state index in [4.69, 9.17) is 5.26 Å². The second-order valence-corrected chi connectivity index (χ2v) is 4.98. The highest BCUT2D eigenvalue weighted by Crippen LogP contribution is 2.68. The molecule has 1 aromatic carbocycles. The fourth-order valence-electron chi connectivity index (χ4n) is 2.20. The maximum absolute atomic E-state index is 14.3. The van der Waals surface area contributed by atoms with E-state index in [2.05, 4.69) is 0 Å². The van der Waals surface area contributed by atoms with Crippen LogP contribution in [0.25, 0.3) is 0 Å². The van der Waals surface area contributed by atoms with Gasteiger partial charge in [-0.2, -0.15) is 53.6 Å². The third kappa shape index (κ3) is 3.05. The summed E-state index contributed by atoms with van der Waals surface area (Å²) in [6.07, 6.45) is -27.1. The molecule has 0 aromatic heterocycles. The van der Waals surface area contributed by atoms with E-state index in [0.29, 0.717) is 6.07 Å². The van der Waals surface area contributed by atoms with Crippen molar-refractivity contribution in [1.82, 2.24) is 0 Å². The zero-order valence-electron chi connectivity index (χ0n) is 11.9. The van der Waals surface area contributed by atoms with Gasteiger partial charge < -0.3 is 0 Å². The van der Waals surface area contributed by atoms with Crippen molar-refractivity contribution in [2.24, 2.45) is 5.41 Å². The SMILES string of the molecule is N#Cc1cccc(C(F)C(C(F)(F)F)(C(F)(F)F)C(F)(F)C(F)(F)F)c1. The van der Waals surface area contributed by atoms with E-state index in [1.54, 1.807) is 0 Å². The second kappa shape index (κ2) is 6.24. The molecular weight excluding hydrogens is 398 g/mol. The zero-order chi connectivity index (χ0) is 20.8. The van der Waals surface area contributed by atoms with Crippen molar-refractivity contribution in [1.29, 1.82) is 5.26 Å². The summed E-state index contributed by atoms with van der Waals surface area (Å²) in [6, 6.07) is 2.62. The largest absolute Gasteiger partial charge is 0.454 e. The number of hydrogen-bond donors (Lipinski definition) is 0. The lowest BCUT2D eigenvalue weighted by molar-refractivity contribution is -0.462. The minimum Gasteiger partial charge on any atom is -0.241 e. The van der Waals surface area contributed by atoms with Gasteiger partial charge in [0.25, 0.3) is 5.41 Å². The molecule has 1 nitrogen and oxygen atoms in total. The van der Waals surface area contributed by atoms with E-state index in [9.17, 15) is 52.7 Å². The summed E-state index contributed by atoms with van der Waals surface area (Å²) in [7, 11) is 0. The number of halogens is 12. The minimum absolute atomic E-state index is 0.0172. The van der Waals surface area contributed by atoms with Crippen LogP contribution in [0.4, 0.5) is 52.7 Å². The molecule has 1 atom stereocenters. The third-order valence-electron chi connectivity index (χ3n) is 3.43. The topological polar surface area (TPSA) is 23.8 Å². The second-order valence-electron chi connectivity index (χ2n) is 4.98. The predicted octanol–water partition coefficient (Wildman–Crippen LogP) is 5.88. The van der Waals surface area contributed by atoms with Crippen molar-refractivity contribution in [2.45, 2.75) is 30.6 Å². The number of nitriles is 1. The Morgan fingerprint density at radius 2 is 1.23 bits per heavy atom. The van der Waals surface area contributed by atoms with Crippen LogP contribution in [0.2, 0.25) is 0 Å². The van der Waals surface area contributed by atoms with Gasteiger partial charge in [0, 0.05) is 0 Å². The van der Waals surface area contributed by atoms with Crippen LogP contribution in [-0.2, 0) is 0 Å². The lowest BCUT2D eigenvalue weighted by Crippen LogP contribution is -2.68. The monoisotopic (exact) mass is 403 g/mol. The normalized spacial score (nSPS) is 15.5. The molecule has 0 radical (unpaired) electrons. The molecule has 0 amide bonds. The van der Waals surface area contributed by atoms with Crippen LogP contribution in [0.1, 0.15) is 17.3 Å². The molecule has 0 fully saturated rings. The summed E-state index contributed by atoms with van der Waals surface area (Å²) in [4.78, 5) is 0. The van der Waals surface area contributed by atoms with Crippen molar-refractivity contribution in [3.8, 4) is 6.07 Å². The standard InChI is InChI=1S/C13H5F12N/c14-8(7-3-1-2-6(4-7)5-26)9(11(17,18)19,12(20,21)22)10(15,16)13(23,24)25/h1-4,8H. The smallest absolute Gasteiger partial charge is 0.241 e. The summed E-state index contributed by atoms with van der Waals surface area (Å²) >= 11 is 0. The van der Waals surface area contributed by atoms with E-state index in [0.717, 1.165) is 6.07 Å². The average molecular weight is 403 g/mol. The first-order valence-electron chi connectivity index (χ1n) is 6.17. The lowest BCUT2D eigenvalue weighted by Gasteiger charge is -2.44. The molecule has 1 rings (SSSR count). The van der Waals surface area contributed by atoms with E-state index >= 15 is 0 Å². The molecule has 13 heteroatoms. The van der Waals surface area contributed by atoms with Crippen molar-refractivity contribution in [3.05, 3.63) is 35.4 Å². The lowest BCUT2D eigenvalue weighted by atomic mass is 9.72. The molecule has 0 aliphatic heterocycles. The summed E-state index contributed by atoms with van der Waals surface area (Å²) in [5.41, 5.74) is -9.69. The zero-order valence-corrected chi connectivity index (χ0v) is 11.9. The van der Waals surface area contributed by atoms with Crippen LogP contribution in [-0.4, -0.2) is 24.5 Å². The summed E-state index contributed by atoms with van der Waals surface area (Å²) < 4.78 is 157. The van der Waals surface area contributed by atoms with Gasteiger partial charge in [-0.15, -0.1) is 0 Å². The number of hydrogen-bond acceptors (Lipinski definition) is 1. The fourth-order valence-corrected chi connectivity index (χ4v) is 2.20. The van der Waals surface area contributed by atoms with Crippen LogP contribution < -0.4 is 0 Å². The van der Waals surface area contributed by atoms with Crippen molar-refractivity contribution < 1.29 is 52.7 Å². The Hall–Kier alpha value is -2.13. The highest BCUT2D eigenvalue weighted by Gasteiger charge is 2.92. The molecule has 0 heterocycles. The van der Waals surface area contributed by atoms with E-state index in [1.165, 1.54) is 6.07 Å². The van der Waals surface area contributed by atoms with Crippen LogP contribution in [0, 0.1) is 16.7 Å². The van der Waals surface area contributed by atoms with Crippen LogP contribution in [0.3, 0.4) is 0 Å². The molecule has 1 unspecified atom stereocenters. The molecule has 0 N–H and O–H groups in total. The van der Waals surface area contributed by atoms with Crippen LogP contribution >= 0.6 is 0 Å². The summed E-state index contributed by atoms with van der Waals surface area (Å²) in [5, 5.41) is 8.51. The Bertz CT molecular complexity index is 677. The average Bonchev–Trinajstić information content (AvgIpc) is 2.43. The first kappa shape index (κ1) is 21.9. The molecule has 26 heavy (non-hydrogen) atoms. The molecule has 0 bridgehead atoms. The maximum Gasteiger partial charge on any atom is 0.454 e. The first-order valence-corrected chi connectivity index (χ1v) is 6.17. The molecular formula is C13H5F12N. The number of rotatable bonds is 3. The highest BCUT2D eigenvalue weighted by atomic mass is 19.4. The molecule has 146 valence electrons. The van der Waals surface area contributed by atoms with Crippen molar-refractivity contribution in [2.75, 3.05) is 0 Å². The van der Waals surface area contributed by atoms with Gasteiger partial charge in [-0.1, -0.05) is 12.1 Å². The molecule has 0 aliphatic carbocycles. The third-order valence-corrected chi connectivity index (χ3v) is 3.43. The minimum atomic E-state index is -7.57. The number of benzene rings is 1. The van der Waals surface area contributed by atoms with Gasteiger partial charge >= 0.3 is 24.5 Å². The summed E-state index contributed by atoms with van der Waals surface area (Å²) in [6.45, 7) is 0. The van der Waals surface area contributed by atoms with Gasteiger partial charge in [0.1, 0.15) is 0 Å².